The summed E-state index contributed by atoms with van der Waals surface area (Å²) in [4.78, 5) is 11.7. The summed E-state index contributed by atoms with van der Waals surface area (Å²) in [7, 11) is 0. The molecule has 3 saturated carbocycles. The lowest BCUT2D eigenvalue weighted by atomic mass is 9.48. The maximum absolute atomic E-state index is 11.7. The van der Waals surface area contributed by atoms with Crippen molar-refractivity contribution in [2.45, 2.75) is 58.2 Å². The van der Waals surface area contributed by atoms with Gasteiger partial charge in [-0.3, -0.25) is 4.79 Å². The molecule has 0 spiro atoms. The molecule has 0 radical (unpaired) electrons. The minimum absolute atomic E-state index is 0.00177. The zero-order valence-corrected chi connectivity index (χ0v) is 13.5. The van der Waals surface area contributed by atoms with Gasteiger partial charge < -0.3 is 10.2 Å². The minimum atomic E-state index is -0.514. The van der Waals surface area contributed by atoms with Gasteiger partial charge in [-0.15, -0.1) is 0 Å². The van der Waals surface area contributed by atoms with Crippen molar-refractivity contribution in [3.63, 3.8) is 0 Å². The van der Waals surface area contributed by atoms with Gasteiger partial charge >= 0.3 is 0 Å². The lowest BCUT2D eigenvalue weighted by molar-refractivity contribution is -0.111. The molecule has 4 rings (SSSR count). The Hall–Kier alpha value is -0.930. The number of carbonyl (C=O) groups is 1. The summed E-state index contributed by atoms with van der Waals surface area (Å²) in [6, 6.07) is 0. The highest BCUT2D eigenvalue weighted by Gasteiger charge is 2.59. The fourth-order valence-corrected chi connectivity index (χ4v) is 6.22. The Morgan fingerprint density at radius 2 is 1.91 bits per heavy atom. The molecule has 0 bridgehead atoms. The zero-order chi connectivity index (χ0) is 15.7. The molecule has 0 unspecified atom stereocenters. The predicted octanol–water partition coefficient (Wildman–Crippen LogP) is 2.63. The summed E-state index contributed by atoms with van der Waals surface area (Å²) in [5, 5.41) is 21.1. The molecule has 3 nitrogen and oxygen atoms in total. The van der Waals surface area contributed by atoms with Crippen molar-refractivity contribution >= 4 is 5.78 Å². The van der Waals surface area contributed by atoms with Gasteiger partial charge in [0.05, 0.1) is 12.2 Å². The number of aliphatic hydroxyl groups excluding tert-OH is 2. The molecule has 0 aromatic carbocycles. The van der Waals surface area contributed by atoms with E-state index in [4.69, 9.17) is 0 Å². The van der Waals surface area contributed by atoms with Gasteiger partial charge in [-0.1, -0.05) is 19.9 Å². The third kappa shape index (κ3) is 1.73. The van der Waals surface area contributed by atoms with Crippen molar-refractivity contribution in [2.24, 2.45) is 28.6 Å². The summed E-state index contributed by atoms with van der Waals surface area (Å²) in [6.45, 7) is 4.43. The normalized spacial score (nSPS) is 53.5. The van der Waals surface area contributed by atoms with E-state index in [1.165, 1.54) is 0 Å². The number of carbonyl (C=O) groups excluding carboxylic acids is 1. The number of aliphatic hydroxyl groups is 2. The number of hydrogen-bond donors (Lipinski definition) is 2. The summed E-state index contributed by atoms with van der Waals surface area (Å²) in [6.07, 6.45) is 9.53. The minimum Gasteiger partial charge on any atom is -0.393 e. The van der Waals surface area contributed by atoms with Gasteiger partial charge in [-0.05, 0) is 73.0 Å². The van der Waals surface area contributed by atoms with Crippen LogP contribution in [-0.2, 0) is 4.79 Å². The van der Waals surface area contributed by atoms with Crippen molar-refractivity contribution < 1.29 is 15.0 Å². The molecule has 3 heteroatoms. The third-order valence-corrected chi connectivity index (χ3v) is 7.53. The van der Waals surface area contributed by atoms with Gasteiger partial charge in [-0.2, -0.15) is 0 Å². The van der Waals surface area contributed by atoms with Crippen LogP contribution in [0.3, 0.4) is 0 Å². The largest absolute Gasteiger partial charge is 0.393 e. The number of ketones is 1. The standard InChI is InChI=1S/C19H26O3/c1-18-7-5-11(20)9-15(18)16(21)10-12-13-3-4-17(22)19(13,2)8-6-14(12)18/h5,7,9,12-14,16-17,21-22H,3-4,6,8,10H2,1-2H3/t12-,13+,14+,16+,17-,18+,19-/m0/s1. The molecule has 0 aliphatic heterocycles. The molecule has 4 aliphatic rings. The molecule has 0 saturated heterocycles. The van der Waals surface area contributed by atoms with Crippen molar-refractivity contribution in [1.82, 2.24) is 0 Å². The van der Waals surface area contributed by atoms with E-state index in [1.54, 1.807) is 12.2 Å². The van der Waals surface area contributed by atoms with E-state index in [-0.39, 0.29) is 22.7 Å². The molecule has 2 N–H and O–H groups in total. The molecular weight excluding hydrogens is 276 g/mol. The molecule has 0 amide bonds. The van der Waals surface area contributed by atoms with E-state index in [0.29, 0.717) is 17.8 Å². The molecule has 4 aliphatic carbocycles. The van der Waals surface area contributed by atoms with Gasteiger partial charge in [0.2, 0.25) is 0 Å². The second-order valence-electron chi connectivity index (χ2n) is 8.38. The van der Waals surface area contributed by atoms with Crippen molar-refractivity contribution in [3.8, 4) is 0 Å². The van der Waals surface area contributed by atoms with Gasteiger partial charge in [0.25, 0.3) is 0 Å². The van der Waals surface area contributed by atoms with Crippen LogP contribution in [0, 0.1) is 28.6 Å². The van der Waals surface area contributed by atoms with Gasteiger partial charge in [0.15, 0.2) is 5.78 Å². The second kappa shape index (κ2) is 4.55. The summed E-state index contributed by atoms with van der Waals surface area (Å²) < 4.78 is 0. The molecule has 0 aromatic rings. The monoisotopic (exact) mass is 302 g/mol. The number of rotatable bonds is 0. The van der Waals surface area contributed by atoms with Crippen LogP contribution in [0.2, 0.25) is 0 Å². The number of hydrogen-bond acceptors (Lipinski definition) is 3. The quantitative estimate of drug-likeness (QED) is 0.723. The van der Waals surface area contributed by atoms with E-state index >= 15 is 0 Å². The Balaban J connectivity index is 1.74. The number of allylic oxidation sites excluding steroid dienone is 3. The van der Waals surface area contributed by atoms with Crippen LogP contribution in [0.25, 0.3) is 0 Å². The zero-order valence-electron chi connectivity index (χ0n) is 13.5. The van der Waals surface area contributed by atoms with Crippen LogP contribution < -0.4 is 0 Å². The van der Waals surface area contributed by atoms with Crippen molar-refractivity contribution in [1.29, 1.82) is 0 Å². The maximum atomic E-state index is 11.7. The van der Waals surface area contributed by atoms with Crippen LogP contribution >= 0.6 is 0 Å². The highest BCUT2D eigenvalue weighted by Crippen LogP contribution is 2.64. The van der Waals surface area contributed by atoms with Crippen LogP contribution in [0.15, 0.2) is 23.8 Å². The average Bonchev–Trinajstić information content (AvgIpc) is 2.77. The van der Waals surface area contributed by atoms with Gasteiger partial charge in [-0.25, -0.2) is 0 Å². The topological polar surface area (TPSA) is 57.5 Å². The van der Waals surface area contributed by atoms with E-state index in [0.717, 1.165) is 37.7 Å². The fraction of sp³-hybridized carbons (Fsp3) is 0.737. The molecule has 7 atom stereocenters. The molecule has 22 heavy (non-hydrogen) atoms. The van der Waals surface area contributed by atoms with Crippen LogP contribution in [0.1, 0.15) is 46.0 Å². The lowest BCUT2D eigenvalue weighted by Crippen LogP contribution is -2.53. The average molecular weight is 302 g/mol. The Bertz CT molecular complexity index is 577. The van der Waals surface area contributed by atoms with Crippen LogP contribution in [-0.4, -0.2) is 28.2 Å². The van der Waals surface area contributed by atoms with E-state index in [1.807, 2.05) is 6.08 Å². The molecule has 0 heterocycles. The first kappa shape index (κ1) is 14.6. The molecular formula is C19H26O3. The van der Waals surface area contributed by atoms with Gasteiger partial charge in [0.1, 0.15) is 0 Å². The second-order valence-corrected chi connectivity index (χ2v) is 8.38. The van der Waals surface area contributed by atoms with E-state index in [2.05, 4.69) is 13.8 Å². The maximum Gasteiger partial charge on any atom is 0.178 e. The highest BCUT2D eigenvalue weighted by molar-refractivity contribution is 6.01. The lowest BCUT2D eigenvalue weighted by Gasteiger charge is -2.57. The first-order valence-corrected chi connectivity index (χ1v) is 8.67. The van der Waals surface area contributed by atoms with Crippen LogP contribution in [0.5, 0.6) is 0 Å². The van der Waals surface area contributed by atoms with E-state index < -0.39 is 6.10 Å². The Morgan fingerprint density at radius 3 is 2.68 bits per heavy atom. The smallest absolute Gasteiger partial charge is 0.178 e. The summed E-state index contributed by atoms with van der Waals surface area (Å²) in [5.74, 6) is 1.43. The van der Waals surface area contributed by atoms with Crippen molar-refractivity contribution in [2.75, 3.05) is 0 Å². The molecule has 3 fully saturated rings. The third-order valence-electron chi connectivity index (χ3n) is 7.53. The number of fused-ring (bicyclic) bond motifs is 5. The summed E-state index contributed by atoms with van der Waals surface area (Å²) in [5.41, 5.74) is 0.751. The first-order chi connectivity index (χ1) is 10.4. The SMILES string of the molecule is C[C@]12CC[C@@H]3[C@@H](C[C@@H](O)C4=CC(=O)C=C[C@@]43C)[C@H]1CC[C@@H]2O. The van der Waals surface area contributed by atoms with Crippen molar-refractivity contribution in [3.05, 3.63) is 23.8 Å². The van der Waals surface area contributed by atoms with Gasteiger partial charge in [0, 0.05) is 5.41 Å². The van der Waals surface area contributed by atoms with Crippen LogP contribution in [0.4, 0.5) is 0 Å². The highest BCUT2D eigenvalue weighted by atomic mass is 16.3. The Kier molecular flexibility index (Phi) is 3.03. The predicted molar refractivity (Wildman–Crippen MR) is 84.0 cm³/mol. The molecule has 120 valence electrons. The fourth-order valence-electron chi connectivity index (χ4n) is 6.22. The van der Waals surface area contributed by atoms with E-state index in [9.17, 15) is 15.0 Å². The first-order valence-electron chi connectivity index (χ1n) is 8.67. The Morgan fingerprint density at radius 1 is 1.14 bits per heavy atom. The Labute approximate surface area is 132 Å². The summed E-state index contributed by atoms with van der Waals surface area (Å²) >= 11 is 0. The molecule has 0 aromatic heterocycles.